The highest BCUT2D eigenvalue weighted by atomic mass is 16.5. The van der Waals surface area contributed by atoms with Gasteiger partial charge in [0.05, 0.1) is 24.4 Å². The number of aromatic nitrogens is 3. The first kappa shape index (κ1) is 18.2. The molecule has 0 saturated heterocycles. The van der Waals surface area contributed by atoms with E-state index in [1.54, 1.807) is 29.4 Å². The third-order valence-corrected chi connectivity index (χ3v) is 5.07. The summed E-state index contributed by atoms with van der Waals surface area (Å²) in [6, 6.07) is 7.42. The van der Waals surface area contributed by atoms with Gasteiger partial charge < -0.3 is 9.64 Å². The monoisotopic (exact) mass is 378 g/mol. The lowest BCUT2D eigenvalue weighted by Crippen LogP contribution is -2.36. The fourth-order valence-electron chi connectivity index (χ4n) is 3.73. The number of nitrogens with zero attached hydrogens (tertiary/aromatic N) is 4. The number of ether oxygens (including phenoxy) is 1. The van der Waals surface area contributed by atoms with Crippen molar-refractivity contribution in [3.05, 3.63) is 53.3 Å². The van der Waals surface area contributed by atoms with Crippen molar-refractivity contribution < 1.29 is 14.3 Å². The van der Waals surface area contributed by atoms with Gasteiger partial charge in [-0.1, -0.05) is 6.07 Å². The number of hydrogen-bond acceptors (Lipinski definition) is 5. The zero-order chi connectivity index (χ0) is 19.8. The molecule has 0 fully saturated rings. The second kappa shape index (κ2) is 7.07. The van der Waals surface area contributed by atoms with Gasteiger partial charge in [-0.05, 0) is 50.5 Å². The van der Waals surface area contributed by atoms with Crippen molar-refractivity contribution in [3.8, 4) is 0 Å². The number of benzene rings is 1. The van der Waals surface area contributed by atoms with E-state index in [9.17, 15) is 9.59 Å². The van der Waals surface area contributed by atoms with E-state index in [1.807, 2.05) is 30.7 Å². The summed E-state index contributed by atoms with van der Waals surface area (Å²) in [6.45, 7) is 4.67. The quantitative estimate of drug-likeness (QED) is 0.653. The van der Waals surface area contributed by atoms with Crippen LogP contribution >= 0.6 is 0 Å². The van der Waals surface area contributed by atoms with Crippen LogP contribution in [-0.2, 0) is 11.2 Å². The minimum atomic E-state index is -0.379. The first-order valence-electron chi connectivity index (χ1n) is 9.36. The molecule has 3 aromatic rings. The maximum atomic E-state index is 13.2. The Bertz CT molecular complexity index is 1070. The molecule has 1 aromatic carbocycles. The van der Waals surface area contributed by atoms with Crippen molar-refractivity contribution in [1.29, 1.82) is 0 Å². The molecule has 28 heavy (non-hydrogen) atoms. The maximum absolute atomic E-state index is 13.2. The number of carbonyl (C=O) groups excluding carboxylic acids is 2. The maximum Gasteiger partial charge on any atom is 0.338 e. The summed E-state index contributed by atoms with van der Waals surface area (Å²) in [5.74, 6) is -0.509. The molecule has 0 unspecified atom stereocenters. The van der Waals surface area contributed by atoms with Crippen LogP contribution in [0.15, 0.2) is 36.7 Å². The largest absolute Gasteiger partial charge is 0.465 e. The predicted molar refractivity (Wildman–Crippen MR) is 106 cm³/mol. The molecule has 3 heterocycles. The van der Waals surface area contributed by atoms with Gasteiger partial charge in [0.1, 0.15) is 0 Å². The van der Waals surface area contributed by atoms with Gasteiger partial charge in [0, 0.05) is 29.9 Å². The lowest BCUT2D eigenvalue weighted by molar-refractivity contribution is 0.0599. The highest BCUT2D eigenvalue weighted by molar-refractivity contribution is 6.08. The number of hydrogen-bond donors (Lipinski definition) is 0. The molecule has 1 aliphatic heterocycles. The van der Waals surface area contributed by atoms with E-state index in [0.717, 1.165) is 35.1 Å². The molecule has 1 amide bonds. The van der Waals surface area contributed by atoms with Crippen LogP contribution in [-0.4, -0.2) is 40.3 Å². The van der Waals surface area contributed by atoms with Crippen molar-refractivity contribution >= 4 is 28.6 Å². The lowest BCUT2D eigenvalue weighted by atomic mass is 9.95. The van der Waals surface area contributed by atoms with Gasteiger partial charge >= 0.3 is 5.97 Å². The van der Waals surface area contributed by atoms with Gasteiger partial charge in [-0.3, -0.25) is 4.79 Å². The van der Waals surface area contributed by atoms with Crippen LogP contribution in [0.1, 0.15) is 52.6 Å². The van der Waals surface area contributed by atoms with Gasteiger partial charge in [0.15, 0.2) is 5.65 Å². The second-order valence-corrected chi connectivity index (χ2v) is 7.17. The van der Waals surface area contributed by atoms with E-state index >= 15 is 0 Å². The number of pyridine rings is 1. The van der Waals surface area contributed by atoms with Crippen molar-refractivity contribution in [2.45, 2.75) is 32.7 Å². The number of amides is 1. The van der Waals surface area contributed by atoms with Crippen molar-refractivity contribution in [3.63, 3.8) is 0 Å². The summed E-state index contributed by atoms with van der Waals surface area (Å²) in [4.78, 5) is 31.5. The average molecular weight is 378 g/mol. The fourth-order valence-corrected chi connectivity index (χ4v) is 3.73. The molecule has 1 aliphatic rings. The SMILES string of the molecule is COC(=O)c1cccc2c1CCCN2C(=O)c1cnc2c(cnn2C(C)C)c1. The van der Waals surface area contributed by atoms with E-state index in [2.05, 4.69) is 10.1 Å². The van der Waals surface area contributed by atoms with E-state index < -0.39 is 0 Å². The molecule has 7 heteroatoms. The number of carbonyl (C=O) groups is 2. The number of fused-ring (bicyclic) bond motifs is 2. The van der Waals surface area contributed by atoms with E-state index in [0.29, 0.717) is 17.7 Å². The third-order valence-electron chi connectivity index (χ3n) is 5.07. The second-order valence-electron chi connectivity index (χ2n) is 7.17. The standard InChI is InChI=1S/C21H22N4O3/c1-13(2)25-19-14(12-23-25)10-15(11-22-19)20(26)24-9-5-7-16-17(21(27)28-3)6-4-8-18(16)24/h4,6,8,10-13H,5,7,9H2,1-3H3. The van der Waals surface area contributed by atoms with Crippen molar-refractivity contribution in [1.82, 2.24) is 14.8 Å². The van der Waals surface area contributed by atoms with Crippen LogP contribution in [0.5, 0.6) is 0 Å². The summed E-state index contributed by atoms with van der Waals surface area (Å²) < 4.78 is 6.73. The molecule has 0 N–H and O–H groups in total. The topological polar surface area (TPSA) is 77.3 Å². The molecule has 0 atom stereocenters. The zero-order valence-electron chi connectivity index (χ0n) is 16.2. The number of methoxy groups -OCH3 is 1. The minimum absolute atomic E-state index is 0.130. The Morgan fingerprint density at radius 3 is 2.79 bits per heavy atom. The fraction of sp³-hybridized carbons (Fsp3) is 0.333. The Balaban J connectivity index is 1.72. The summed E-state index contributed by atoms with van der Waals surface area (Å²) in [7, 11) is 1.37. The van der Waals surface area contributed by atoms with Gasteiger partial charge in [-0.2, -0.15) is 5.10 Å². The molecule has 7 nitrogen and oxygen atoms in total. The Morgan fingerprint density at radius 2 is 2.04 bits per heavy atom. The smallest absolute Gasteiger partial charge is 0.338 e. The summed E-state index contributed by atoms with van der Waals surface area (Å²) in [5.41, 5.74) is 3.41. The van der Waals surface area contributed by atoms with Gasteiger partial charge in [-0.25, -0.2) is 14.5 Å². The van der Waals surface area contributed by atoms with Crippen LogP contribution in [0.2, 0.25) is 0 Å². The summed E-state index contributed by atoms with van der Waals surface area (Å²) in [6.07, 6.45) is 4.86. The molecule has 0 spiro atoms. The summed E-state index contributed by atoms with van der Waals surface area (Å²) in [5, 5.41) is 5.20. The molecule has 0 saturated carbocycles. The predicted octanol–water partition coefficient (Wildman–Crippen LogP) is 3.39. The minimum Gasteiger partial charge on any atom is -0.465 e. The van der Waals surface area contributed by atoms with Crippen LogP contribution < -0.4 is 4.90 Å². The average Bonchev–Trinajstić information content (AvgIpc) is 3.15. The molecular formula is C21H22N4O3. The van der Waals surface area contributed by atoms with Crippen molar-refractivity contribution in [2.24, 2.45) is 0 Å². The normalized spacial score (nSPS) is 13.6. The van der Waals surface area contributed by atoms with Crippen molar-refractivity contribution in [2.75, 3.05) is 18.6 Å². The Hall–Kier alpha value is -3.22. The highest BCUT2D eigenvalue weighted by Gasteiger charge is 2.27. The molecule has 144 valence electrons. The Labute approximate surface area is 162 Å². The van der Waals surface area contributed by atoms with E-state index in [1.165, 1.54) is 7.11 Å². The van der Waals surface area contributed by atoms with Crippen LogP contribution in [0, 0.1) is 0 Å². The lowest BCUT2D eigenvalue weighted by Gasteiger charge is -2.30. The van der Waals surface area contributed by atoms with Gasteiger partial charge in [-0.15, -0.1) is 0 Å². The Morgan fingerprint density at radius 1 is 1.21 bits per heavy atom. The molecule has 0 aliphatic carbocycles. The van der Waals surface area contributed by atoms with E-state index in [-0.39, 0.29) is 17.9 Å². The highest BCUT2D eigenvalue weighted by Crippen LogP contribution is 2.31. The molecule has 2 aromatic heterocycles. The zero-order valence-corrected chi connectivity index (χ0v) is 16.2. The molecular weight excluding hydrogens is 356 g/mol. The van der Waals surface area contributed by atoms with Crippen LogP contribution in [0.4, 0.5) is 5.69 Å². The number of esters is 1. The number of rotatable bonds is 3. The summed E-state index contributed by atoms with van der Waals surface area (Å²) >= 11 is 0. The molecule has 4 rings (SSSR count). The first-order chi connectivity index (χ1) is 13.5. The van der Waals surface area contributed by atoms with E-state index in [4.69, 9.17) is 4.74 Å². The molecule has 0 radical (unpaired) electrons. The number of anilines is 1. The van der Waals surface area contributed by atoms with Crippen LogP contribution in [0.3, 0.4) is 0 Å². The van der Waals surface area contributed by atoms with Crippen LogP contribution in [0.25, 0.3) is 11.0 Å². The van der Waals surface area contributed by atoms with Gasteiger partial charge in [0.2, 0.25) is 0 Å². The first-order valence-corrected chi connectivity index (χ1v) is 9.36. The Kier molecular flexibility index (Phi) is 4.58. The third kappa shape index (κ3) is 2.93. The molecule has 0 bridgehead atoms. The van der Waals surface area contributed by atoms with Gasteiger partial charge in [0.25, 0.3) is 5.91 Å².